The molecule has 0 radical (unpaired) electrons. The Morgan fingerprint density at radius 3 is 2.42 bits per heavy atom. The number of pyridine rings is 1. The van der Waals surface area contributed by atoms with Crippen molar-refractivity contribution in [1.29, 1.82) is 0 Å². The average molecular weight is 435 g/mol. The SMILES string of the molecule is CC1=C(c2ccc(NC(=O)c3c(F)cccc3F)cc2)C=C(c2cnccc2C)CS1. The van der Waals surface area contributed by atoms with Gasteiger partial charge >= 0.3 is 0 Å². The highest BCUT2D eigenvalue weighted by Gasteiger charge is 2.18. The summed E-state index contributed by atoms with van der Waals surface area (Å²) in [5.74, 6) is -1.72. The lowest BCUT2D eigenvalue weighted by Gasteiger charge is -2.19. The van der Waals surface area contributed by atoms with E-state index in [9.17, 15) is 13.6 Å². The van der Waals surface area contributed by atoms with Gasteiger partial charge in [-0.15, -0.1) is 11.8 Å². The van der Waals surface area contributed by atoms with Gasteiger partial charge in [0.15, 0.2) is 0 Å². The van der Waals surface area contributed by atoms with E-state index in [1.165, 1.54) is 22.1 Å². The Bertz CT molecular complexity index is 1200. The largest absolute Gasteiger partial charge is 0.322 e. The number of nitrogens with one attached hydrogen (secondary N) is 1. The van der Waals surface area contributed by atoms with E-state index in [0.717, 1.165) is 34.6 Å². The highest BCUT2D eigenvalue weighted by Crippen LogP contribution is 2.38. The second kappa shape index (κ2) is 8.86. The van der Waals surface area contributed by atoms with Crippen LogP contribution in [0.15, 0.2) is 71.9 Å². The lowest BCUT2D eigenvalue weighted by atomic mass is 9.97. The molecule has 4 rings (SSSR count). The quantitative estimate of drug-likeness (QED) is 0.511. The zero-order chi connectivity index (χ0) is 22.0. The zero-order valence-corrected chi connectivity index (χ0v) is 17.9. The first-order chi connectivity index (χ1) is 14.9. The summed E-state index contributed by atoms with van der Waals surface area (Å²) in [6.07, 6.45) is 5.86. The highest BCUT2D eigenvalue weighted by atomic mass is 32.2. The summed E-state index contributed by atoms with van der Waals surface area (Å²) in [6, 6.07) is 12.6. The van der Waals surface area contributed by atoms with Crippen molar-refractivity contribution in [2.45, 2.75) is 13.8 Å². The highest BCUT2D eigenvalue weighted by molar-refractivity contribution is 8.03. The van der Waals surface area contributed by atoms with Crippen molar-refractivity contribution in [2.24, 2.45) is 0 Å². The van der Waals surface area contributed by atoms with Crippen LogP contribution in [-0.2, 0) is 0 Å². The number of aryl methyl sites for hydroxylation is 1. The third-order valence-corrected chi connectivity index (χ3v) is 6.28. The van der Waals surface area contributed by atoms with Crippen LogP contribution in [0, 0.1) is 18.6 Å². The Morgan fingerprint density at radius 2 is 1.74 bits per heavy atom. The van der Waals surface area contributed by atoms with Gasteiger partial charge < -0.3 is 5.32 Å². The first-order valence-corrected chi connectivity index (χ1v) is 10.7. The van der Waals surface area contributed by atoms with Gasteiger partial charge in [0.1, 0.15) is 17.2 Å². The Labute approximate surface area is 183 Å². The Hall–Kier alpha value is -3.25. The molecule has 31 heavy (non-hydrogen) atoms. The maximum Gasteiger partial charge on any atom is 0.261 e. The van der Waals surface area contributed by atoms with Gasteiger partial charge in [0.25, 0.3) is 5.91 Å². The number of carbonyl (C=O) groups is 1. The van der Waals surface area contributed by atoms with Gasteiger partial charge in [-0.1, -0.05) is 18.2 Å². The summed E-state index contributed by atoms with van der Waals surface area (Å²) in [6.45, 7) is 4.16. The molecule has 3 aromatic rings. The van der Waals surface area contributed by atoms with Crippen LogP contribution in [0.1, 0.15) is 34.0 Å². The summed E-state index contributed by atoms with van der Waals surface area (Å²) in [4.78, 5) is 17.8. The first-order valence-electron chi connectivity index (χ1n) is 9.75. The van der Waals surface area contributed by atoms with Crippen molar-refractivity contribution < 1.29 is 13.6 Å². The summed E-state index contributed by atoms with van der Waals surface area (Å²) in [5, 5.41) is 2.56. The lowest BCUT2D eigenvalue weighted by Crippen LogP contribution is -2.15. The van der Waals surface area contributed by atoms with Crippen LogP contribution in [0.4, 0.5) is 14.5 Å². The van der Waals surface area contributed by atoms with Gasteiger partial charge in [0.2, 0.25) is 0 Å². The minimum Gasteiger partial charge on any atom is -0.322 e. The predicted octanol–water partition coefficient (Wildman–Crippen LogP) is 6.48. The van der Waals surface area contributed by atoms with Crippen molar-refractivity contribution >= 4 is 34.5 Å². The molecule has 1 amide bonds. The number of hydrogen-bond acceptors (Lipinski definition) is 3. The molecule has 6 heteroatoms. The number of carbonyl (C=O) groups excluding carboxylic acids is 1. The molecule has 0 unspecified atom stereocenters. The molecule has 1 N–H and O–H groups in total. The number of halogens is 2. The molecule has 0 atom stereocenters. The normalized spacial score (nSPS) is 13.7. The van der Waals surface area contributed by atoms with Gasteiger partial charge in [0.05, 0.1) is 0 Å². The molecular formula is C25H20F2N2OS. The lowest BCUT2D eigenvalue weighted by molar-refractivity contribution is 0.101. The molecule has 1 aromatic heterocycles. The molecule has 2 aromatic carbocycles. The van der Waals surface area contributed by atoms with E-state index in [-0.39, 0.29) is 0 Å². The van der Waals surface area contributed by atoms with Gasteiger partial charge in [-0.3, -0.25) is 9.78 Å². The van der Waals surface area contributed by atoms with Crippen LogP contribution in [0.3, 0.4) is 0 Å². The maximum atomic E-state index is 13.8. The average Bonchev–Trinajstić information content (AvgIpc) is 2.75. The Kier molecular flexibility index (Phi) is 6.00. The van der Waals surface area contributed by atoms with Crippen molar-refractivity contribution in [2.75, 3.05) is 11.1 Å². The topological polar surface area (TPSA) is 42.0 Å². The van der Waals surface area contributed by atoms with E-state index in [4.69, 9.17) is 0 Å². The second-order valence-corrected chi connectivity index (χ2v) is 8.44. The predicted molar refractivity (Wildman–Crippen MR) is 123 cm³/mol. The molecule has 0 fully saturated rings. The van der Waals surface area contributed by atoms with E-state index in [2.05, 4.69) is 30.2 Å². The Balaban J connectivity index is 1.58. The third-order valence-electron chi connectivity index (χ3n) is 5.17. The monoisotopic (exact) mass is 434 g/mol. The van der Waals surface area contributed by atoms with E-state index in [0.29, 0.717) is 5.69 Å². The summed E-state index contributed by atoms with van der Waals surface area (Å²) < 4.78 is 27.7. The second-order valence-electron chi connectivity index (χ2n) is 7.25. The van der Waals surface area contributed by atoms with E-state index < -0.39 is 23.1 Å². The number of benzene rings is 2. The number of aromatic nitrogens is 1. The number of rotatable bonds is 4. The molecule has 0 saturated heterocycles. The molecule has 2 heterocycles. The van der Waals surface area contributed by atoms with E-state index >= 15 is 0 Å². The molecule has 0 bridgehead atoms. The van der Waals surface area contributed by atoms with Gasteiger partial charge in [0, 0.05) is 23.8 Å². The number of thioether (sulfide) groups is 1. The van der Waals surface area contributed by atoms with Crippen LogP contribution >= 0.6 is 11.8 Å². The van der Waals surface area contributed by atoms with Crippen LogP contribution in [-0.4, -0.2) is 16.6 Å². The third kappa shape index (κ3) is 4.44. The number of nitrogens with zero attached hydrogens (tertiary/aromatic N) is 1. The van der Waals surface area contributed by atoms with Crippen LogP contribution in [0.25, 0.3) is 11.1 Å². The maximum absolute atomic E-state index is 13.8. The molecule has 0 spiro atoms. The number of hydrogen-bond donors (Lipinski definition) is 1. The summed E-state index contributed by atoms with van der Waals surface area (Å²) in [7, 11) is 0. The smallest absolute Gasteiger partial charge is 0.261 e. The number of amides is 1. The van der Waals surface area contributed by atoms with Crippen molar-refractivity contribution in [3.63, 3.8) is 0 Å². The fourth-order valence-electron chi connectivity index (χ4n) is 3.47. The van der Waals surface area contributed by atoms with Crippen LogP contribution in [0.2, 0.25) is 0 Å². The van der Waals surface area contributed by atoms with Crippen molar-refractivity contribution in [3.8, 4) is 0 Å². The van der Waals surface area contributed by atoms with E-state index in [1.807, 2.05) is 24.4 Å². The standard InChI is InChI=1S/C25H20F2N2OS/c1-15-10-11-28-13-21(15)18-12-20(16(2)31-14-18)17-6-8-19(9-7-17)29-25(30)24-22(26)4-3-5-23(24)27/h3-13H,14H2,1-2H3,(H,29,30). The minimum atomic E-state index is -0.891. The number of anilines is 1. The van der Waals surface area contributed by atoms with Gasteiger partial charge in [-0.05, 0) is 83.0 Å². The molecule has 1 aliphatic heterocycles. The van der Waals surface area contributed by atoms with Gasteiger partial charge in [-0.25, -0.2) is 8.78 Å². The fourth-order valence-corrected chi connectivity index (χ4v) is 4.41. The molecule has 1 aliphatic rings. The van der Waals surface area contributed by atoms with Crippen LogP contribution < -0.4 is 5.32 Å². The summed E-state index contributed by atoms with van der Waals surface area (Å²) >= 11 is 1.78. The van der Waals surface area contributed by atoms with E-state index in [1.54, 1.807) is 30.1 Å². The fraction of sp³-hybridized carbons (Fsp3) is 0.120. The zero-order valence-electron chi connectivity index (χ0n) is 17.1. The molecule has 0 aliphatic carbocycles. The Morgan fingerprint density at radius 1 is 1.03 bits per heavy atom. The van der Waals surface area contributed by atoms with Crippen LogP contribution in [0.5, 0.6) is 0 Å². The minimum absolute atomic E-state index is 0.463. The van der Waals surface area contributed by atoms with Crippen molar-refractivity contribution in [1.82, 2.24) is 4.98 Å². The first kappa shape index (κ1) is 21.0. The summed E-state index contributed by atoms with van der Waals surface area (Å²) in [5.41, 5.74) is 5.50. The molecular weight excluding hydrogens is 414 g/mol. The molecule has 156 valence electrons. The van der Waals surface area contributed by atoms with Gasteiger partial charge in [-0.2, -0.15) is 0 Å². The van der Waals surface area contributed by atoms with Crippen molar-refractivity contribution in [3.05, 3.63) is 106 Å². The number of allylic oxidation sites excluding steroid dienone is 3. The molecule has 0 saturated carbocycles. The molecule has 3 nitrogen and oxygen atoms in total.